The van der Waals surface area contributed by atoms with Crippen molar-refractivity contribution < 1.29 is 9.90 Å². The third-order valence-electron chi connectivity index (χ3n) is 3.50. The van der Waals surface area contributed by atoms with Crippen LogP contribution in [0.25, 0.3) is 0 Å². The van der Waals surface area contributed by atoms with Gasteiger partial charge in [0.1, 0.15) is 5.69 Å². The highest BCUT2D eigenvalue weighted by Crippen LogP contribution is 2.31. The summed E-state index contributed by atoms with van der Waals surface area (Å²) >= 11 is 1.52. The van der Waals surface area contributed by atoms with Gasteiger partial charge in [-0.15, -0.1) is 0 Å². The van der Waals surface area contributed by atoms with E-state index in [4.69, 9.17) is 16.2 Å². The molecule has 20 heavy (non-hydrogen) atoms. The molecule has 0 fully saturated rings. The molecule has 4 N–H and O–H groups in total. The van der Waals surface area contributed by atoms with Crippen molar-refractivity contribution in [2.45, 2.75) is 18.2 Å². The predicted octanol–water partition coefficient (Wildman–Crippen LogP) is 1.61. The minimum Gasteiger partial charge on any atom is -0.477 e. The van der Waals surface area contributed by atoms with Crippen molar-refractivity contribution in [3.05, 3.63) is 28.7 Å². The van der Waals surface area contributed by atoms with Crippen LogP contribution in [0.3, 0.4) is 0 Å². The number of nitrogens with one attached hydrogen (secondary N) is 1. The van der Waals surface area contributed by atoms with Gasteiger partial charge in [0.2, 0.25) is 0 Å². The summed E-state index contributed by atoms with van der Waals surface area (Å²) in [4.78, 5) is 12.0. The van der Waals surface area contributed by atoms with Gasteiger partial charge in [0.25, 0.3) is 0 Å². The summed E-state index contributed by atoms with van der Waals surface area (Å²) < 4.78 is 3.77. The van der Waals surface area contributed by atoms with Crippen molar-refractivity contribution in [3.8, 4) is 0 Å². The first-order chi connectivity index (χ1) is 9.43. The number of hydrogen-bond donors (Lipinski definition) is 3. The fourth-order valence-corrected chi connectivity index (χ4v) is 3.22. The lowest BCUT2D eigenvalue weighted by atomic mass is 10.1. The molecule has 0 saturated heterocycles. The molecule has 0 atom stereocenters. The van der Waals surface area contributed by atoms with Crippen LogP contribution in [0, 0.1) is 12.3 Å². The molecule has 0 saturated carbocycles. The lowest BCUT2D eigenvalue weighted by molar-refractivity contribution is 0.0686. The number of hydrogen-bond acceptors (Lipinski definition) is 5. The van der Waals surface area contributed by atoms with Gasteiger partial charge >= 0.3 is 5.97 Å². The van der Waals surface area contributed by atoms with Crippen LogP contribution in [-0.4, -0.2) is 39.3 Å². The van der Waals surface area contributed by atoms with Gasteiger partial charge in [-0.2, -0.15) is 0 Å². The minimum absolute atomic E-state index is 0.283. The Balaban J connectivity index is 2.16. The third kappa shape index (κ3) is 2.73. The van der Waals surface area contributed by atoms with Gasteiger partial charge in [-0.05, 0) is 36.9 Å². The molecule has 0 aromatic carbocycles. The standard InChI is InChI=1S/C13H18N4O2S/c1-8-12(5-11(13(18)19)16(8)2)20-17-4-3-9(6-14)10(15)7-17/h5-6,14H,3-4,7,15H2,1-2H3,(H,18,19). The molecule has 0 radical (unpaired) electrons. The Labute approximate surface area is 121 Å². The summed E-state index contributed by atoms with van der Waals surface area (Å²) in [5.41, 5.74) is 8.74. The Morgan fingerprint density at radius 2 is 2.30 bits per heavy atom. The van der Waals surface area contributed by atoms with Crippen LogP contribution in [0.1, 0.15) is 22.6 Å². The van der Waals surface area contributed by atoms with E-state index in [1.54, 1.807) is 17.7 Å². The maximum Gasteiger partial charge on any atom is 0.352 e. The number of carbonyl (C=O) groups is 1. The van der Waals surface area contributed by atoms with Crippen molar-refractivity contribution in [1.82, 2.24) is 8.87 Å². The lowest BCUT2D eigenvalue weighted by Crippen LogP contribution is -2.29. The zero-order valence-corrected chi connectivity index (χ0v) is 12.3. The molecule has 2 heterocycles. The van der Waals surface area contributed by atoms with E-state index in [0.29, 0.717) is 12.2 Å². The van der Waals surface area contributed by atoms with E-state index in [-0.39, 0.29) is 5.69 Å². The highest BCUT2D eigenvalue weighted by molar-refractivity contribution is 7.97. The van der Waals surface area contributed by atoms with Gasteiger partial charge < -0.3 is 20.8 Å². The van der Waals surface area contributed by atoms with E-state index < -0.39 is 5.97 Å². The molecule has 0 aliphatic carbocycles. The molecule has 1 aliphatic rings. The quantitative estimate of drug-likeness (QED) is 0.579. The number of carboxylic acids is 1. The molecule has 7 heteroatoms. The van der Waals surface area contributed by atoms with Crippen LogP contribution < -0.4 is 5.73 Å². The van der Waals surface area contributed by atoms with Gasteiger partial charge in [0.05, 0.1) is 0 Å². The Hall–Kier alpha value is -1.73. The van der Waals surface area contributed by atoms with Crippen molar-refractivity contribution in [2.75, 3.05) is 13.1 Å². The molecule has 2 rings (SSSR count). The number of nitrogens with two attached hydrogens (primary N) is 1. The molecule has 0 unspecified atom stereocenters. The van der Waals surface area contributed by atoms with Crippen molar-refractivity contribution >= 4 is 24.1 Å². The Morgan fingerprint density at radius 3 is 2.80 bits per heavy atom. The predicted molar refractivity (Wildman–Crippen MR) is 79.2 cm³/mol. The largest absolute Gasteiger partial charge is 0.477 e. The minimum atomic E-state index is -0.924. The second kappa shape index (κ2) is 5.72. The second-order valence-electron chi connectivity index (χ2n) is 4.74. The molecule has 0 spiro atoms. The van der Waals surface area contributed by atoms with Gasteiger partial charge in [0.15, 0.2) is 0 Å². The maximum absolute atomic E-state index is 11.1. The smallest absolute Gasteiger partial charge is 0.352 e. The average molecular weight is 294 g/mol. The maximum atomic E-state index is 11.1. The average Bonchev–Trinajstić information content (AvgIpc) is 2.67. The third-order valence-corrected chi connectivity index (χ3v) is 4.68. The Bertz CT molecular complexity index is 591. The fourth-order valence-electron chi connectivity index (χ4n) is 2.13. The molecule has 0 amide bonds. The van der Waals surface area contributed by atoms with Crippen LogP contribution >= 0.6 is 11.9 Å². The molecule has 1 aliphatic heterocycles. The summed E-state index contributed by atoms with van der Waals surface area (Å²) in [7, 11) is 1.75. The second-order valence-corrected chi connectivity index (χ2v) is 5.88. The molecular weight excluding hydrogens is 276 g/mol. The molecule has 108 valence electrons. The van der Waals surface area contributed by atoms with E-state index in [1.807, 2.05) is 6.92 Å². The highest BCUT2D eigenvalue weighted by Gasteiger charge is 2.20. The summed E-state index contributed by atoms with van der Waals surface area (Å²) in [5, 5.41) is 16.4. The summed E-state index contributed by atoms with van der Waals surface area (Å²) in [5.74, 6) is -0.924. The number of rotatable bonds is 4. The van der Waals surface area contributed by atoms with Crippen LogP contribution in [0.2, 0.25) is 0 Å². The van der Waals surface area contributed by atoms with E-state index in [2.05, 4.69) is 4.31 Å². The van der Waals surface area contributed by atoms with Gasteiger partial charge in [0, 0.05) is 42.6 Å². The van der Waals surface area contributed by atoms with E-state index >= 15 is 0 Å². The summed E-state index contributed by atoms with van der Waals surface area (Å²) in [6.45, 7) is 3.29. The fraction of sp³-hybridized carbons (Fsp3) is 0.385. The summed E-state index contributed by atoms with van der Waals surface area (Å²) in [6, 6.07) is 1.69. The number of nitrogens with zero attached hydrogens (tertiary/aromatic N) is 2. The molecule has 1 aromatic heterocycles. The first-order valence-electron chi connectivity index (χ1n) is 6.24. The normalized spacial score (nSPS) is 16.5. The molecule has 0 bridgehead atoms. The highest BCUT2D eigenvalue weighted by atomic mass is 32.2. The van der Waals surface area contributed by atoms with E-state index in [1.165, 1.54) is 18.2 Å². The summed E-state index contributed by atoms with van der Waals surface area (Å²) in [6.07, 6.45) is 2.06. The molecule has 1 aromatic rings. The van der Waals surface area contributed by atoms with Crippen molar-refractivity contribution in [1.29, 1.82) is 5.41 Å². The van der Waals surface area contributed by atoms with E-state index in [0.717, 1.165) is 29.1 Å². The molecule has 6 nitrogen and oxygen atoms in total. The number of aromatic carboxylic acids is 1. The monoisotopic (exact) mass is 294 g/mol. The zero-order valence-electron chi connectivity index (χ0n) is 11.5. The zero-order chi connectivity index (χ0) is 14.9. The van der Waals surface area contributed by atoms with Gasteiger partial charge in [-0.1, -0.05) is 0 Å². The SMILES string of the molecule is Cc1c(SN2CCC(C=N)=C(N)C2)cc(C(=O)O)n1C. The first kappa shape index (κ1) is 14.7. The van der Waals surface area contributed by atoms with Gasteiger partial charge in [-0.3, -0.25) is 0 Å². The molecular formula is C13H18N4O2S. The number of aromatic nitrogens is 1. The van der Waals surface area contributed by atoms with Gasteiger partial charge in [-0.25, -0.2) is 9.10 Å². The lowest BCUT2D eigenvalue weighted by Gasteiger charge is -2.26. The topological polar surface area (TPSA) is 95.3 Å². The van der Waals surface area contributed by atoms with Crippen molar-refractivity contribution in [2.24, 2.45) is 12.8 Å². The number of carboxylic acid groups (broad SMARTS) is 1. The van der Waals surface area contributed by atoms with Crippen molar-refractivity contribution in [3.63, 3.8) is 0 Å². The van der Waals surface area contributed by atoms with Crippen LogP contribution in [-0.2, 0) is 7.05 Å². The first-order valence-corrected chi connectivity index (χ1v) is 7.02. The Morgan fingerprint density at radius 1 is 1.60 bits per heavy atom. The van der Waals surface area contributed by atoms with Crippen LogP contribution in [0.4, 0.5) is 0 Å². The van der Waals surface area contributed by atoms with E-state index in [9.17, 15) is 4.79 Å². The Kier molecular flexibility index (Phi) is 4.20. The van der Waals surface area contributed by atoms with Crippen LogP contribution in [0.5, 0.6) is 0 Å². The van der Waals surface area contributed by atoms with Crippen LogP contribution in [0.15, 0.2) is 22.2 Å².